The molecule has 0 atom stereocenters. The van der Waals surface area contributed by atoms with E-state index in [0.717, 1.165) is 13.1 Å². The van der Waals surface area contributed by atoms with E-state index in [0.29, 0.717) is 73.9 Å². The Kier molecular flexibility index (Phi) is 15.9. The lowest BCUT2D eigenvalue weighted by molar-refractivity contribution is 0.0697. The molecule has 0 saturated carbocycles. The van der Waals surface area contributed by atoms with Crippen molar-refractivity contribution < 1.29 is 23.5 Å². The summed E-state index contributed by atoms with van der Waals surface area (Å²) in [5.41, 5.74) is 1.91. The molecule has 2 aromatic carbocycles. The van der Waals surface area contributed by atoms with Gasteiger partial charge in [-0.3, -0.25) is 14.8 Å². The van der Waals surface area contributed by atoms with Gasteiger partial charge in [0.25, 0.3) is 5.91 Å². The largest absolute Gasteiger partial charge is 0.478 e. The van der Waals surface area contributed by atoms with Crippen LogP contribution in [0.15, 0.2) is 97.6 Å². The number of aromatic nitrogens is 8. The van der Waals surface area contributed by atoms with Crippen molar-refractivity contribution in [2.75, 3.05) is 82.7 Å². The first kappa shape index (κ1) is 49.1. The molecule has 69 heavy (non-hydrogen) atoms. The van der Waals surface area contributed by atoms with E-state index in [4.69, 9.17) is 23.2 Å². The molecule has 1 amide bonds. The minimum atomic E-state index is -1.15. The standard InChI is InChI=1S/C24H24ClFN8O.C23H21ClFN7O2/c1-27-24(35)17-13-28-9-8-19(17)30-21-15-5-7-20(29-10-11-34(2)3)31-22(15)33-23(32-21)16-12-14(25)4-6-18(16)26;1-32(2)10-9-27-19-6-4-14-20(28-18-7-8-26-12-16(18)23(33)34)30-22(31-21(14)29-19)15-11-13(24)3-5-17(15)25/h4-9,12-13H,10-11H2,1-3H3,(H,27,35)(H2,28,29,30,31,32,33);3-8,11-12H,9-10H2,1-2H3,(H,33,34)(H2,26,27,28,29,30,31). The Labute approximate surface area is 404 Å². The van der Waals surface area contributed by atoms with E-state index in [2.05, 4.69) is 71.4 Å². The predicted octanol–water partition coefficient (Wildman–Crippen LogP) is 8.25. The van der Waals surface area contributed by atoms with Crippen LogP contribution in [0.5, 0.6) is 0 Å². The first-order valence-electron chi connectivity index (χ1n) is 21.1. The number of pyridine rings is 4. The van der Waals surface area contributed by atoms with E-state index in [1.165, 1.54) is 68.1 Å². The summed E-state index contributed by atoms with van der Waals surface area (Å²) in [6.07, 6.45) is 5.70. The number of anilines is 6. The van der Waals surface area contributed by atoms with E-state index < -0.39 is 17.6 Å². The van der Waals surface area contributed by atoms with Gasteiger partial charge in [-0.1, -0.05) is 23.2 Å². The minimum absolute atomic E-state index is 0.0420. The predicted molar refractivity (Wildman–Crippen MR) is 265 cm³/mol. The molecule has 6 heterocycles. The van der Waals surface area contributed by atoms with Gasteiger partial charge < -0.3 is 41.5 Å². The van der Waals surface area contributed by atoms with Crippen LogP contribution in [-0.4, -0.2) is 128 Å². The second kappa shape index (κ2) is 22.3. The quantitative estimate of drug-likeness (QED) is 0.0536. The average molecular weight is 977 g/mol. The van der Waals surface area contributed by atoms with Gasteiger partial charge in [0.15, 0.2) is 22.9 Å². The van der Waals surface area contributed by atoms with Crippen molar-refractivity contribution in [3.8, 4) is 22.8 Å². The second-order valence-electron chi connectivity index (χ2n) is 15.6. The summed E-state index contributed by atoms with van der Waals surface area (Å²) in [6, 6.07) is 18.6. The average Bonchev–Trinajstić information content (AvgIpc) is 3.32. The molecule has 0 aliphatic carbocycles. The monoisotopic (exact) mass is 975 g/mol. The summed E-state index contributed by atoms with van der Waals surface area (Å²) in [4.78, 5) is 63.2. The van der Waals surface area contributed by atoms with Crippen molar-refractivity contribution in [1.82, 2.24) is 55.0 Å². The van der Waals surface area contributed by atoms with Crippen LogP contribution in [0.2, 0.25) is 10.0 Å². The van der Waals surface area contributed by atoms with E-state index in [1.807, 2.05) is 45.2 Å². The fraction of sp³-hybridized carbons (Fsp3) is 0.191. The van der Waals surface area contributed by atoms with Crippen molar-refractivity contribution in [1.29, 1.82) is 0 Å². The second-order valence-corrected chi connectivity index (χ2v) is 16.5. The Hall–Kier alpha value is -7.78. The molecule has 0 spiro atoms. The Morgan fingerprint density at radius 3 is 1.49 bits per heavy atom. The normalized spacial score (nSPS) is 11.1. The molecule has 0 aliphatic rings. The van der Waals surface area contributed by atoms with Crippen molar-refractivity contribution in [3.63, 3.8) is 0 Å². The summed E-state index contributed by atoms with van der Waals surface area (Å²) < 4.78 is 29.3. The topological polar surface area (TPSA) is 224 Å². The number of nitrogens with one attached hydrogen (secondary N) is 5. The van der Waals surface area contributed by atoms with Crippen LogP contribution in [-0.2, 0) is 0 Å². The van der Waals surface area contributed by atoms with Crippen molar-refractivity contribution in [3.05, 3.63) is 130 Å². The van der Waals surface area contributed by atoms with Gasteiger partial charge in [-0.2, -0.15) is 0 Å². The summed E-state index contributed by atoms with van der Waals surface area (Å²) in [6.45, 7) is 2.97. The molecule has 6 aromatic heterocycles. The van der Waals surface area contributed by atoms with Crippen LogP contribution in [0.1, 0.15) is 20.7 Å². The fourth-order valence-electron chi connectivity index (χ4n) is 6.55. The maximum absolute atomic E-state index is 14.7. The number of benzene rings is 2. The smallest absolute Gasteiger partial charge is 0.339 e. The van der Waals surface area contributed by atoms with Gasteiger partial charge in [0.05, 0.1) is 38.8 Å². The molecular formula is C47H45Cl2F2N15O3. The van der Waals surface area contributed by atoms with Crippen LogP contribution in [0.3, 0.4) is 0 Å². The zero-order valence-electron chi connectivity index (χ0n) is 37.8. The van der Waals surface area contributed by atoms with Crippen LogP contribution in [0, 0.1) is 11.6 Å². The zero-order chi connectivity index (χ0) is 49.2. The third-order valence-corrected chi connectivity index (χ3v) is 10.5. The molecule has 0 fully saturated rings. The lowest BCUT2D eigenvalue weighted by atomic mass is 10.2. The van der Waals surface area contributed by atoms with Gasteiger partial charge in [-0.05, 0) is 101 Å². The first-order chi connectivity index (χ1) is 33.2. The summed E-state index contributed by atoms with van der Waals surface area (Å²) in [5.74, 6) is -0.546. The highest BCUT2D eigenvalue weighted by atomic mass is 35.5. The van der Waals surface area contributed by atoms with Crippen LogP contribution in [0.25, 0.3) is 44.8 Å². The number of halogens is 4. The maximum atomic E-state index is 14.7. The molecule has 8 rings (SSSR count). The number of carboxylic acid groups (broad SMARTS) is 1. The number of carbonyl (C=O) groups is 2. The number of amides is 1. The molecule has 8 aromatic rings. The lowest BCUT2D eigenvalue weighted by Crippen LogP contribution is -2.21. The molecule has 0 bridgehead atoms. The minimum Gasteiger partial charge on any atom is -0.478 e. The molecule has 0 saturated heterocycles. The molecule has 18 nitrogen and oxygen atoms in total. The van der Waals surface area contributed by atoms with E-state index in [9.17, 15) is 23.5 Å². The van der Waals surface area contributed by atoms with Crippen LogP contribution in [0.4, 0.5) is 43.4 Å². The number of aromatic carboxylic acids is 1. The summed E-state index contributed by atoms with van der Waals surface area (Å²) in [5, 5.41) is 26.6. The SMILES string of the molecule is CN(C)CCNc1ccc2c(Nc3ccncc3C(=O)O)nc(-c3cc(Cl)ccc3F)nc2n1.CNC(=O)c1cnccc1Nc1nc(-c2cc(Cl)ccc2F)nc2nc(NCCN(C)C)ccc12. The molecular weight excluding hydrogens is 932 g/mol. The fourth-order valence-corrected chi connectivity index (χ4v) is 6.89. The third-order valence-electron chi connectivity index (χ3n) is 10.0. The number of fused-ring (bicyclic) bond motifs is 2. The van der Waals surface area contributed by atoms with Gasteiger partial charge in [-0.25, -0.2) is 43.5 Å². The van der Waals surface area contributed by atoms with Crippen LogP contribution < -0.4 is 26.6 Å². The number of carboxylic acids is 1. The third kappa shape index (κ3) is 12.4. The molecule has 0 aliphatic heterocycles. The summed E-state index contributed by atoms with van der Waals surface area (Å²) in [7, 11) is 9.44. The molecule has 0 radical (unpaired) electrons. The van der Waals surface area contributed by atoms with Crippen molar-refractivity contribution in [2.45, 2.75) is 0 Å². The van der Waals surface area contributed by atoms with Gasteiger partial charge >= 0.3 is 5.97 Å². The van der Waals surface area contributed by atoms with Gasteiger partial charge in [0.1, 0.15) is 40.5 Å². The highest BCUT2D eigenvalue weighted by Gasteiger charge is 2.20. The van der Waals surface area contributed by atoms with E-state index in [1.54, 1.807) is 24.4 Å². The number of hydrogen-bond donors (Lipinski definition) is 6. The number of nitrogens with zero attached hydrogens (tertiary/aromatic N) is 10. The Bertz CT molecular complexity index is 3170. The van der Waals surface area contributed by atoms with Crippen molar-refractivity contribution >= 4 is 91.8 Å². The molecule has 6 N–H and O–H groups in total. The van der Waals surface area contributed by atoms with Gasteiger partial charge in [0.2, 0.25) is 0 Å². The maximum Gasteiger partial charge on any atom is 0.339 e. The Morgan fingerprint density at radius 2 is 1.06 bits per heavy atom. The highest BCUT2D eigenvalue weighted by Crippen LogP contribution is 2.33. The zero-order valence-corrected chi connectivity index (χ0v) is 39.3. The van der Waals surface area contributed by atoms with Crippen molar-refractivity contribution in [2.24, 2.45) is 0 Å². The van der Waals surface area contributed by atoms with Gasteiger partial charge in [-0.15, -0.1) is 0 Å². The van der Waals surface area contributed by atoms with E-state index in [-0.39, 0.29) is 45.8 Å². The van der Waals surface area contributed by atoms with Crippen LogP contribution >= 0.6 is 23.2 Å². The molecule has 22 heteroatoms. The summed E-state index contributed by atoms with van der Waals surface area (Å²) >= 11 is 12.2. The lowest BCUT2D eigenvalue weighted by Gasteiger charge is -2.15. The number of carbonyl (C=O) groups excluding carboxylic acids is 1. The number of hydrogen-bond acceptors (Lipinski definition) is 16. The Balaban J connectivity index is 0.000000204. The Morgan fingerprint density at radius 1 is 0.609 bits per heavy atom. The number of rotatable bonds is 16. The van der Waals surface area contributed by atoms with Gasteiger partial charge in [0, 0.05) is 68.1 Å². The highest BCUT2D eigenvalue weighted by molar-refractivity contribution is 6.31. The van der Waals surface area contributed by atoms with E-state index >= 15 is 0 Å². The number of likely N-dealkylation sites (N-methyl/N-ethyl adjacent to an activating group) is 2. The molecule has 354 valence electrons. The molecule has 0 unspecified atom stereocenters. The first-order valence-corrected chi connectivity index (χ1v) is 21.9.